The Balaban J connectivity index is 3.52. The smallest absolute Gasteiger partial charge is 0.182 e. The van der Waals surface area contributed by atoms with Crippen LogP contribution < -0.4 is 10.5 Å². The molecule has 0 saturated heterocycles. The summed E-state index contributed by atoms with van der Waals surface area (Å²) in [6.45, 7) is -0.291. The van der Waals surface area contributed by atoms with E-state index in [4.69, 9.17) is 10.5 Å². The van der Waals surface area contributed by atoms with Crippen molar-refractivity contribution in [3.63, 3.8) is 0 Å². The van der Waals surface area contributed by atoms with Gasteiger partial charge in [-0.3, -0.25) is 4.79 Å². The first kappa shape index (κ1) is 13.6. The van der Waals surface area contributed by atoms with Gasteiger partial charge in [-0.2, -0.15) is 0 Å². The Morgan fingerprint density at radius 1 is 1.47 bits per heavy atom. The zero-order chi connectivity index (χ0) is 13.2. The second kappa shape index (κ2) is 4.80. The lowest BCUT2D eigenvalue weighted by Crippen LogP contribution is -2.15. The zero-order valence-corrected chi connectivity index (χ0v) is 10.2. The molecule has 0 aliphatic rings. The summed E-state index contributed by atoms with van der Waals surface area (Å²) < 4.78 is 41.1. The van der Waals surface area contributed by atoms with E-state index in [0.717, 1.165) is 18.4 Å². The van der Waals surface area contributed by atoms with E-state index in [2.05, 4.69) is 0 Å². The highest BCUT2D eigenvalue weighted by molar-refractivity contribution is 7.90. The molecule has 1 aromatic carbocycles. The minimum atomic E-state index is -3.77. The van der Waals surface area contributed by atoms with Crippen LogP contribution in [-0.4, -0.2) is 34.1 Å². The SMILES string of the molecule is COc1cc(C(=O)CN)cc(F)c1S(C)(=O)=O. The van der Waals surface area contributed by atoms with Crippen molar-refractivity contribution in [1.29, 1.82) is 0 Å². The van der Waals surface area contributed by atoms with E-state index in [1.807, 2.05) is 0 Å². The molecule has 1 aromatic rings. The van der Waals surface area contributed by atoms with Crippen LogP contribution in [0.15, 0.2) is 17.0 Å². The highest BCUT2D eigenvalue weighted by Gasteiger charge is 2.22. The lowest BCUT2D eigenvalue weighted by molar-refractivity contribution is 0.100. The molecule has 7 heteroatoms. The number of ketones is 1. The van der Waals surface area contributed by atoms with Crippen molar-refractivity contribution >= 4 is 15.6 Å². The van der Waals surface area contributed by atoms with Crippen LogP contribution >= 0.6 is 0 Å². The number of benzene rings is 1. The molecule has 0 spiro atoms. The van der Waals surface area contributed by atoms with Crippen LogP contribution in [-0.2, 0) is 9.84 Å². The van der Waals surface area contributed by atoms with Gasteiger partial charge in [-0.05, 0) is 12.1 Å². The molecule has 0 fully saturated rings. The van der Waals surface area contributed by atoms with Gasteiger partial charge in [0.05, 0.1) is 13.7 Å². The molecule has 0 saturated carbocycles. The number of ether oxygens (including phenoxy) is 1. The van der Waals surface area contributed by atoms with Gasteiger partial charge in [0.25, 0.3) is 0 Å². The molecule has 0 amide bonds. The molecule has 0 heterocycles. The monoisotopic (exact) mass is 261 g/mol. The van der Waals surface area contributed by atoms with E-state index < -0.39 is 26.3 Å². The second-order valence-corrected chi connectivity index (χ2v) is 5.34. The predicted molar refractivity (Wildman–Crippen MR) is 59.4 cm³/mol. The van der Waals surface area contributed by atoms with Crippen molar-refractivity contribution < 1.29 is 22.3 Å². The maximum absolute atomic E-state index is 13.6. The summed E-state index contributed by atoms with van der Waals surface area (Å²) in [5, 5.41) is 0. The van der Waals surface area contributed by atoms with Crippen molar-refractivity contribution in [1.82, 2.24) is 0 Å². The van der Waals surface area contributed by atoms with Crippen LogP contribution in [0.1, 0.15) is 10.4 Å². The third kappa shape index (κ3) is 2.80. The fraction of sp³-hybridized carbons (Fsp3) is 0.300. The van der Waals surface area contributed by atoms with Gasteiger partial charge >= 0.3 is 0 Å². The first-order valence-electron chi connectivity index (χ1n) is 4.62. The molecular weight excluding hydrogens is 249 g/mol. The van der Waals surface area contributed by atoms with E-state index >= 15 is 0 Å². The van der Waals surface area contributed by atoms with Crippen LogP contribution in [0.3, 0.4) is 0 Å². The number of carbonyl (C=O) groups is 1. The average Bonchev–Trinajstić information content (AvgIpc) is 2.24. The third-order valence-corrected chi connectivity index (χ3v) is 3.25. The summed E-state index contributed by atoms with van der Waals surface area (Å²) in [5.74, 6) is -1.73. The molecule has 94 valence electrons. The number of hydrogen-bond donors (Lipinski definition) is 1. The molecule has 0 aliphatic carbocycles. The predicted octanol–water partition coefficient (Wildman–Crippen LogP) is 0.379. The largest absolute Gasteiger partial charge is 0.495 e. The highest BCUT2D eigenvalue weighted by atomic mass is 32.2. The summed E-state index contributed by atoms with van der Waals surface area (Å²) in [4.78, 5) is 10.7. The molecule has 0 unspecified atom stereocenters. The van der Waals surface area contributed by atoms with Crippen molar-refractivity contribution in [2.75, 3.05) is 19.9 Å². The highest BCUT2D eigenvalue weighted by Crippen LogP contribution is 2.28. The minimum absolute atomic E-state index is 0.0192. The Labute approximate surface area is 98.3 Å². The minimum Gasteiger partial charge on any atom is -0.495 e. The Kier molecular flexibility index (Phi) is 3.84. The van der Waals surface area contributed by atoms with Gasteiger partial charge < -0.3 is 10.5 Å². The van der Waals surface area contributed by atoms with Crippen molar-refractivity contribution in [2.24, 2.45) is 5.73 Å². The van der Waals surface area contributed by atoms with E-state index in [0.29, 0.717) is 0 Å². The van der Waals surface area contributed by atoms with E-state index in [-0.39, 0.29) is 17.9 Å². The number of hydrogen-bond acceptors (Lipinski definition) is 5. The van der Waals surface area contributed by atoms with E-state index in [1.54, 1.807) is 0 Å². The third-order valence-electron chi connectivity index (χ3n) is 2.11. The second-order valence-electron chi connectivity index (χ2n) is 3.39. The molecule has 2 N–H and O–H groups in total. The van der Waals surface area contributed by atoms with Crippen molar-refractivity contribution in [2.45, 2.75) is 4.90 Å². The summed E-state index contributed by atoms with van der Waals surface area (Å²) in [6.07, 6.45) is 0.859. The molecule has 17 heavy (non-hydrogen) atoms. The van der Waals surface area contributed by atoms with Crippen LogP contribution in [0, 0.1) is 5.82 Å². The standard InChI is InChI=1S/C10H12FNO4S/c1-16-9-4-6(8(13)5-12)3-7(11)10(9)17(2,14)15/h3-4H,5,12H2,1-2H3. The molecule has 0 atom stereocenters. The van der Waals surface area contributed by atoms with Gasteiger partial charge in [0, 0.05) is 11.8 Å². The Bertz CT molecular complexity index is 554. The van der Waals surface area contributed by atoms with Crippen LogP contribution in [0.4, 0.5) is 4.39 Å². The van der Waals surface area contributed by atoms with Crippen LogP contribution in [0.25, 0.3) is 0 Å². The summed E-state index contributed by atoms with van der Waals surface area (Å²) in [6, 6.07) is 2.00. The molecule has 0 aliphatic heterocycles. The lowest BCUT2D eigenvalue weighted by Gasteiger charge is -2.09. The summed E-state index contributed by atoms with van der Waals surface area (Å²) in [7, 11) is -2.57. The fourth-order valence-electron chi connectivity index (χ4n) is 1.36. The first-order valence-corrected chi connectivity index (χ1v) is 6.51. The number of rotatable bonds is 4. The Morgan fingerprint density at radius 3 is 2.47 bits per heavy atom. The van der Waals surface area contributed by atoms with Gasteiger partial charge in [-0.1, -0.05) is 0 Å². The van der Waals surface area contributed by atoms with Gasteiger partial charge in [-0.15, -0.1) is 0 Å². The summed E-state index contributed by atoms with van der Waals surface area (Å²) >= 11 is 0. The van der Waals surface area contributed by atoms with Crippen molar-refractivity contribution in [3.8, 4) is 5.75 Å². The maximum atomic E-state index is 13.6. The zero-order valence-electron chi connectivity index (χ0n) is 9.36. The Morgan fingerprint density at radius 2 is 2.06 bits per heavy atom. The summed E-state index contributed by atoms with van der Waals surface area (Å²) in [5.41, 5.74) is 5.12. The number of halogens is 1. The topological polar surface area (TPSA) is 86.5 Å². The first-order chi connectivity index (χ1) is 7.81. The van der Waals surface area contributed by atoms with Crippen molar-refractivity contribution in [3.05, 3.63) is 23.5 Å². The van der Waals surface area contributed by atoms with Crippen LogP contribution in [0.5, 0.6) is 5.75 Å². The van der Waals surface area contributed by atoms with Gasteiger partial charge in [-0.25, -0.2) is 12.8 Å². The maximum Gasteiger partial charge on any atom is 0.182 e. The lowest BCUT2D eigenvalue weighted by atomic mass is 10.1. The van der Waals surface area contributed by atoms with Gasteiger partial charge in [0.1, 0.15) is 16.5 Å². The average molecular weight is 261 g/mol. The van der Waals surface area contributed by atoms with E-state index in [9.17, 15) is 17.6 Å². The number of carbonyl (C=O) groups excluding carboxylic acids is 1. The number of sulfone groups is 1. The van der Waals surface area contributed by atoms with Gasteiger partial charge in [0.15, 0.2) is 15.6 Å². The molecule has 5 nitrogen and oxygen atoms in total. The van der Waals surface area contributed by atoms with Crippen LogP contribution in [0.2, 0.25) is 0 Å². The molecule has 0 bridgehead atoms. The molecular formula is C10H12FNO4S. The molecule has 1 rings (SSSR count). The molecule has 0 aromatic heterocycles. The number of nitrogens with two attached hydrogens (primary N) is 1. The molecule has 0 radical (unpaired) electrons. The Hall–Kier alpha value is -1.47. The number of Topliss-reactive ketones (excluding diaryl/α,β-unsaturated/α-hetero) is 1. The normalized spacial score (nSPS) is 11.3. The number of methoxy groups -OCH3 is 1. The van der Waals surface area contributed by atoms with Gasteiger partial charge in [0.2, 0.25) is 0 Å². The quantitative estimate of drug-likeness (QED) is 0.792. The van der Waals surface area contributed by atoms with E-state index in [1.165, 1.54) is 7.11 Å². The fourth-order valence-corrected chi connectivity index (χ4v) is 2.28.